The second-order valence-corrected chi connectivity index (χ2v) is 6.79. The first-order valence-electron chi connectivity index (χ1n) is 7.83. The van der Waals surface area contributed by atoms with Gasteiger partial charge in [0.05, 0.1) is 0 Å². The maximum Gasteiger partial charge on any atom is 0.229 e. The van der Waals surface area contributed by atoms with Gasteiger partial charge in [-0.1, -0.05) is 12.1 Å². The van der Waals surface area contributed by atoms with Crippen LogP contribution in [0.4, 0.5) is 9.52 Å². The van der Waals surface area contributed by atoms with Crippen molar-refractivity contribution in [2.75, 3.05) is 11.9 Å². The zero-order valence-corrected chi connectivity index (χ0v) is 14.1. The molecule has 0 atom stereocenters. The summed E-state index contributed by atoms with van der Waals surface area (Å²) in [5.41, 5.74) is 0.953. The normalized spacial score (nSPS) is 14.2. The molecule has 0 saturated carbocycles. The van der Waals surface area contributed by atoms with E-state index in [-0.39, 0.29) is 49.3 Å². The number of nitrogens with zero attached hydrogens (tertiary/aromatic N) is 2. The summed E-state index contributed by atoms with van der Waals surface area (Å²) in [6.45, 7) is 0.0946. The summed E-state index contributed by atoms with van der Waals surface area (Å²) in [7, 11) is 0. The van der Waals surface area contributed by atoms with Crippen molar-refractivity contribution in [2.45, 2.75) is 25.7 Å². The molecule has 0 bridgehead atoms. The molecule has 1 aliphatic rings. The van der Waals surface area contributed by atoms with Crippen LogP contribution in [0.1, 0.15) is 29.7 Å². The van der Waals surface area contributed by atoms with E-state index in [4.69, 9.17) is 0 Å². The number of halogens is 1. The number of aromatic nitrogens is 1. The molecule has 3 amide bonds. The lowest BCUT2D eigenvalue weighted by Gasteiger charge is -2.12. The summed E-state index contributed by atoms with van der Waals surface area (Å²) in [4.78, 5) is 41.1. The maximum atomic E-state index is 12.9. The summed E-state index contributed by atoms with van der Waals surface area (Å²) in [6, 6.07) is 6.22. The summed E-state index contributed by atoms with van der Waals surface area (Å²) >= 11 is 1.34. The number of carbonyl (C=O) groups is 3. The lowest BCUT2D eigenvalue weighted by atomic mass is 10.1. The third kappa shape index (κ3) is 4.48. The Morgan fingerprint density at radius 3 is 2.56 bits per heavy atom. The number of carbonyl (C=O) groups excluding carboxylic acids is 3. The van der Waals surface area contributed by atoms with Crippen LogP contribution in [0.25, 0.3) is 0 Å². The zero-order valence-electron chi connectivity index (χ0n) is 13.3. The molecule has 6 nitrogen and oxygen atoms in total. The highest BCUT2D eigenvalue weighted by molar-refractivity contribution is 7.15. The fourth-order valence-electron chi connectivity index (χ4n) is 2.52. The summed E-state index contributed by atoms with van der Waals surface area (Å²) in [6.07, 6.45) is 2.76. The van der Waals surface area contributed by atoms with Crippen LogP contribution < -0.4 is 5.32 Å². The Balaban J connectivity index is 1.50. The number of thiazole rings is 1. The SMILES string of the molecule is O=C(CCN1C(=O)CCC1=O)Nc1ncc(Cc2ccc(F)cc2)s1. The summed E-state index contributed by atoms with van der Waals surface area (Å²) in [5.74, 6) is -1.03. The summed E-state index contributed by atoms with van der Waals surface area (Å²) in [5, 5.41) is 3.13. The first kappa shape index (κ1) is 17.2. The zero-order chi connectivity index (χ0) is 17.8. The monoisotopic (exact) mass is 361 g/mol. The van der Waals surface area contributed by atoms with Crippen molar-refractivity contribution >= 4 is 34.2 Å². The number of amides is 3. The molecule has 130 valence electrons. The lowest BCUT2D eigenvalue weighted by molar-refractivity contribution is -0.138. The third-order valence-electron chi connectivity index (χ3n) is 3.81. The molecule has 0 unspecified atom stereocenters. The van der Waals surface area contributed by atoms with Gasteiger partial charge in [-0.15, -0.1) is 11.3 Å². The molecule has 1 fully saturated rings. The second-order valence-electron chi connectivity index (χ2n) is 5.67. The van der Waals surface area contributed by atoms with Gasteiger partial charge in [0.25, 0.3) is 0 Å². The smallest absolute Gasteiger partial charge is 0.229 e. The van der Waals surface area contributed by atoms with Gasteiger partial charge in [0.1, 0.15) is 5.82 Å². The van der Waals surface area contributed by atoms with E-state index in [2.05, 4.69) is 10.3 Å². The standard InChI is InChI=1S/C17H16FN3O3S/c18-12-3-1-11(2-4-12)9-13-10-19-17(25-13)20-14(22)7-8-21-15(23)5-6-16(21)24/h1-4,10H,5-9H2,(H,19,20,22). The Bertz CT molecular complexity index is 788. The van der Waals surface area contributed by atoms with Crippen LogP contribution in [-0.2, 0) is 20.8 Å². The maximum absolute atomic E-state index is 12.9. The molecule has 2 heterocycles. The molecule has 0 spiro atoms. The number of hydrogen-bond acceptors (Lipinski definition) is 5. The van der Waals surface area contributed by atoms with Gasteiger partial charge in [-0.25, -0.2) is 9.37 Å². The van der Waals surface area contributed by atoms with Crippen molar-refractivity contribution < 1.29 is 18.8 Å². The topological polar surface area (TPSA) is 79.4 Å². The van der Waals surface area contributed by atoms with Crippen LogP contribution in [0.2, 0.25) is 0 Å². The van der Waals surface area contributed by atoms with Gasteiger partial charge < -0.3 is 5.32 Å². The fourth-order valence-corrected chi connectivity index (χ4v) is 3.38. The Morgan fingerprint density at radius 2 is 1.88 bits per heavy atom. The minimum absolute atomic E-state index is 0.0460. The first-order chi connectivity index (χ1) is 12.0. The molecule has 1 saturated heterocycles. The van der Waals surface area contributed by atoms with E-state index in [1.165, 1.54) is 23.5 Å². The number of likely N-dealkylation sites (tertiary alicyclic amines) is 1. The summed E-state index contributed by atoms with van der Waals surface area (Å²) < 4.78 is 12.9. The van der Waals surface area contributed by atoms with Crippen molar-refractivity contribution in [3.05, 3.63) is 46.7 Å². The Kier molecular flexibility index (Phi) is 5.18. The third-order valence-corrected chi connectivity index (χ3v) is 4.72. The highest BCUT2D eigenvalue weighted by Gasteiger charge is 2.28. The largest absolute Gasteiger partial charge is 0.302 e. The van der Waals surface area contributed by atoms with E-state index >= 15 is 0 Å². The van der Waals surface area contributed by atoms with Gasteiger partial charge in [-0.05, 0) is 17.7 Å². The molecule has 1 aromatic carbocycles. The van der Waals surface area contributed by atoms with Crippen LogP contribution in [0.15, 0.2) is 30.5 Å². The number of hydrogen-bond donors (Lipinski definition) is 1. The molecular formula is C17H16FN3O3S. The predicted octanol–water partition coefficient (Wildman–Crippen LogP) is 2.35. The van der Waals surface area contributed by atoms with E-state index in [1.807, 2.05) is 0 Å². The molecule has 1 aromatic heterocycles. The first-order valence-corrected chi connectivity index (χ1v) is 8.65. The van der Waals surface area contributed by atoms with E-state index in [1.54, 1.807) is 18.3 Å². The van der Waals surface area contributed by atoms with Crippen molar-refractivity contribution in [3.63, 3.8) is 0 Å². The minimum atomic E-state index is -0.296. The van der Waals surface area contributed by atoms with Crippen molar-refractivity contribution in [2.24, 2.45) is 0 Å². The number of benzene rings is 1. The van der Waals surface area contributed by atoms with Gasteiger partial charge in [-0.3, -0.25) is 19.3 Å². The van der Waals surface area contributed by atoms with Crippen LogP contribution in [-0.4, -0.2) is 34.2 Å². The quantitative estimate of drug-likeness (QED) is 0.801. The Labute approximate surface area is 147 Å². The average molecular weight is 361 g/mol. The highest BCUT2D eigenvalue weighted by atomic mass is 32.1. The molecule has 0 radical (unpaired) electrons. The average Bonchev–Trinajstić information content (AvgIpc) is 3.14. The van der Waals surface area contributed by atoms with Gasteiger partial charge in [0, 0.05) is 43.3 Å². The molecule has 1 N–H and O–H groups in total. The minimum Gasteiger partial charge on any atom is -0.302 e. The van der Waals surface area contributed by atoms with Crippen LogP contribution in [0.3, 0.4) is 0 Å². The molecule has 0 aliphatic carbocycles. The lowest BCUT2D eigenvalue weighted by Crippen LogP contribution is -2.32. The number of nitrogens with one attached hydrogen (secondary N) is 1. The van der Waals surface area contributed by atoms with Gasteiger partial charge >= 0.3 is 0 Å². The second kappa shape index (κ2) is 7.52. The molecule has 1 aliphatic heterocycles. The Hall–Kier alpha value is -2.61. The molecular weight excluding hydrogens is 345 g/mol. The number of rotatable bonds is 6. The van der Waals surface area contributed by atoms with Crippen molar-refractivity contribution in [3.8, 4) is 0 Å². The van der Waals surface area contributed by atoms with Gasteiger partial charge in [0.15, 0.2) is 5.13 Å². The number of anilines is 1. The van der Waals surface area contributed by atoms with E-state index in [0.717, 1.165) is 15.3 Å². The van der Waals surface area contributed by atoms with E-state index < -0.39 is 0 Å². The molecule has 25 heavy (non-hydrogen) atoms. The van der Waals surface area contributed by atoms with Crippen molar-refractivity contribution in [1.82, 2.24) is 9.88 Å². The van der Waals surface area contributed by atoms with E-state index in [0.29, 0.717) is 11.6 Å². The van der Waals surface area contributed by atoms with Crippen LogP contribution in [0.5, 0.6) is 0 Å². The molecule has 2 aromatic rings. The molecule has 3 rings (SSSR count). The Morgan fingerprint density at radius 1 is 1.20 bits per heavy atom. The predicted molar refractivity (Wildman–Crippen MR) is 90.5 cm³/mol. The highest BCUT2D eigenvalue weighted by Crippen LogP contribution is 2.21. The van der Waals surface area contributed by atoms with Crippen LogP contribution >= 0.6 is 11.3 Å². The molecule has 8 heteroatoms. The van der Waals surface area contributed by atoms with Gasteiger partial charge in [0.2, 0.25) is 17.7 Å². The number of imide groups is 1. The fraction of sp³-hybridized carbons (Fsp3) is 0.294. The van der Waals surface area contributed by atoms with Crippen LogP contribution in [0, 0.1) is 5.82 Å². The van der Waals surface area contributed by atoms with Gasteiger partial charge in [-0.2, -0.15) is 0 Å². The van der Waals surface area contributed by atoms with E-state index in [9.17, 15) is 18.8 Å². The van der Waals surface area contributed by atoms with Crippen molar-refractivity contribution in [1.29, 1.82) is 0 Å².